The van der Waals surface area contributed by atoms with Crippen LogP contribution in [0.25, 0.3) is 10.8 Å². The number of aryl methyl sites for hydroxylation is 1. The van der Waals surface area contributed by atoms with E-state index in [1.165, 1.54) is 27.6 Å². The first-order chi connectivity index (χ1) is 12.1. The van der Waals surface area contributed by atoms with Crippen LogP contribution in [0, 0.1) is 6.92 Å². The minimum Gasteiger partial charge on any atom is -0.307 e. The fourth-order valence-corrected chi connectivity index (χ4v) is 4.16. The molecule has 3 aromatic rings. The molecule has 1 amide bonds. The zero-order chi connectivity index (χ0) is 17.6. The number of anilines is 1. The van der Waals surface area contributed by atoms with Crippen LogP contribution in [0.4, 0.5) is 5.69 Å². The Balaban J connectivity index is 2.08. The van der Waals surface area contributed by atoms with E-state index < -0.39 is 0 Å². The quantitative estimate of drug-likeness (QED) is 0.572. The molecule has 0 spiro atoms. The van der Waals surface area contributed by atoms with E-state index in [-0.39, 0.29) is 5.91 Å². The summed E-state index contributed by atoms with van der Waals surface area (Å²) in [6, 6.07) is 19.4. The van der Waals surface area contributed by atoms with Gasteiger partial charge in [-0.05, 0) is 35.4 Å². The van der Waals surface area contributed by atoms with Crippen molar-refractivity contribution < 1.29 is 4.79 Å². The van der Waals surface area contributed by atoms with Crippen molar-refractivity contribution in [3.8, 4) is 0 Å². The van der Waals surface area contributed by atoms with Gasteiger partial charge >= 0.3 is 0 Å². The lowest BCUT2D eigenvalue weighted by atomic mass is 9.85. The molecule has 0 N–H and O–H groups in total. The van der Waals surface area contributed by atoms with Gasteiger partial charge in [0.15, 0.2) is 0 Å². The Bertz CT molecular complexity index is 973. The SMILES string of the molecule is CC[C@H]1c2cc(C)ccc2CN(C(C)=O)c2c1ccc1ccccc21. The molecule has 126 valence electrons. The molecule has 1 aliphatic rings. The second kappa shape index (κ2) is 6.03. The number of fused-ring (bicyclic) bond motifs is 4. The van der Waals surface area contributed by atoms with Gasteiger partial charge in [-0.2, -0.15) is 0 Å². The molecule has 4 rings (SSSR count). The summed E-state index contributed by atoms with van der Waals surface area (Å²) in [5.74, 6) is 0.416. The molecule has 1 aliphatic heterocycles. The number of hydrogen-bond acceptors (Lipinski definition) is 1. The van der Waals surface area contributed by atoms with E-state index >= 15 is 0 Å². The summed E-state index contributed by atoms with van der Waals surface area (Å²) < 4.78 is 0. The van der Waals surface area contributed by atoms with Crippen LogP contribution in [-0.4, -0.2) is 5.91 Å². The highest BCUT2D eigenvalue weighted by Crippen LogP contribution is 2.44. The van der Waals surface area contributed by atoms with Gasteiger partial charge in [-0.1, -0.05) is 67.1 Å². The summed E-state index contributed by atoms with van der Waals surface area (Å²) >= 11 is 0. The van der Waals surface area contributed by atoms with Gasteiger partial charge in [-0.3, -0.25) is 4.79 Å². The van der Waals surface area contributed by atoms with Gasteiger partial charge in [0.25, 0.3) is 0 Å². The van der Waals surface area contributed by atoms with Crippen molar-refractivity contribution in [3.05, 3.63) is 76.9 Å². The summed E-state index contributed by atoms with van der Waals surface area (Å²) in [6.45, 7) is 6.69. The third-order valence-corrected chi connectivity index (χ3v) is 5.37. The summed E-state index contributed by atoms with van der Waals surface area (Å²) in [5, 5.41) is 2.35. The van der Waals surface area contributed by atoms with E-state index in [1.807, 2.05) is 4.90 Å². The molecule has 0 aromatic heterocycles. The molecule has 3 aromatic carbocycles. The first kappa shape index (κ1) is 15.9. The fourth-order valence-electron chi connectivity index (χ4n) is 4.16. The van der Waals surface area contributed by atoms with Gasteiger partial charge in [0.1, 0.15) is 0 Å². The van der Waals surface area contributed by atoms with Crippen molar-refractivity contribution in [1.29, 1.82) is 0 Å². The van der Waals surface area contributed by atoms with Crippen LogP contribution in [0.1, 0.15) is 48.4 Å². The number of hydrogen-bond donors (Lipinski definition) is 0. The Kier molecular flexibility index (Phi) is 3.84. The highest BCUT2D eigenvalue weighted by Gasteiger charge is 2.29. The van der Waals surface area contributed by atoms with Crippen LogP contribution >= 0.6 is 0 Å². The molecule has 0 unspecified atom stereocenters. The lowest BCUT2D eigenvalue weighted by Gasteiger charge is -2.25. The molecular formula is C23H23NO. The van der Waals surface area contributed by atoms with Crippen molar-refractivity contribution in [2.45, 2.75) is 39.7 Å². The lowest BCUT2D eigenvalue weighted by molar-refractivity contribution is -0.116. The van der Waals surface area contributed by atoms with E-state index in [4.69, 9.17) is 0 Å². The van der Waals surface area contributed by atoms with E-state index in [2.05, 4.69) is 68.4 Å². The van der Waals surface area contributed by atoms with Gasteiger partial charge in [0.05, 0.1) is 12.2 Å². The zero-order valence-corrected chi connectivity index (χ0v) is 15.0. The molecule has 2 nitrogen and oxygen atoms in total. The molecule has 0 radical (unpaired) electrons. The molecule has 0 bridgehead atoms. The molecule has 2 heteroatoms. The highest BCUT2D eigenvalue weighted by molar-refractivity contribution is 6.05. The molecule has 25 heavy (non-hydrogen) atoms. The molecule has 1 heterocycles. The molecular weight excluding hydrogens is 306 g/mol. The van der Waals surface area contributed by atoms with Crippen LogP contribution < -0.4 is 4.90 Å². The fraction of sp³-hybridized carbons (Fsp3) is 0.261. The molecule has 0 saturated carbocycles. The number of benzene rings is 3. The summed E-state index contributed by atoms with van der Waals surface area (Å²) in [5.41, 5.74) is 6.25. The van der Waals surface area contributed by atoms with Crippen LogP contribution in [0.3, 0.4) is 0 Å². The van der Waals surface area contributed by atoms with Crippen molar-refractivity contribution in [3.63, 3.8) is 0 Å². The van der Waals surface area contributed by atoms with Crippen molar-refractivity contribution >= 4 is 22.4 Å². The third-order valence-electron chi connectivity index (χ3n) is 5.37. The van der Waals surface area contributed by atoms with Gasteiger partial charge in [0, 0.05) is 18.2 Å². The third kappa shape index (κ3) is 2.53. The maximum atomic E-state index is 12.6. The standard InChI is InChI=1S/C23H23NO/c1-4-19-21-12-11-17-7-5-6-8-20(17)23(21)24(16(3)25)14-18-10-9-15(2)13-22(18)19/h5-13,19H,4,14H2,1-3H3/t19-/m1/s1. The highest BCUT2D eigenvalue weighted by atomic mass is 16.2. The molecule has 0 fully saturated rings. The number of nitrogens with zero attached hydrogens (tertiary/aromatic N) is 1. The molecule has 0 saturated heterocycles. The van der Waals surface area contributed by atoms with Crippen molar-refractivity contribution in [2.24, 2.45) is 0 Å². The first-order valence-corrected chi connectivity index (χ1v) is 8.99. The average Bonchev–Trinajstić information content (AvgIpc) is 2.75. The van der Waals surface area contributed by atoms with Gasteiger partial charge in [0.2, 0.25) is 5.91 Å². The smallest absolute Gasteiger partial charge is 0.224 e. The van der Waals surface area contributed by atoms with Gasteiger partial charge in [-0.25, -0.2) is 0 Å². The average molecular weight is 329 g/mol. The Hall–Kier alpha value is -2.61. The summed E-state index contributed by atoms with van der Waals surface area (Å²) in [7, 11) is 0. The predicted octanol–water partition coefficient (Wildman–Crippen LogP) is 5.56. The maximum absolute atomic E-state index is 12.6. The summed E-state index contributed by atoms with van der Waals surface area (Å²) in [4.78, 5) is 14.5. The zero-order valence-electron chi connectivity index (χ0n) is 15.0. The minimum absolute atomic E-state index is 0.0980. The number of rotatable bonds is 1. The largest absolute Gasteiger partial charge is 0.307 e. The Morgan fingerprint density at radius 2 is 1.88 bits per heavy atom. The van der Waals surface area contributed by atoms with E-state index in [0.29, 0.717) is 12.5 Å². The molecule has 0 aliphatic carbocycles. The lowest BCUT2D eigenvalue weighted by Crippen LogP contribution is -2.28. The minimum atomic E-state index is 0.0980. The van der Waals surface area contributed by atoms with E-state index in [0.717, 1.165) is 17.5 Å². The van der Waals surface area contributed by atoms with Crippen molar-refractivity contribution in [1.82, 2.24) is 0 Å². The Labute approximate surface area is 149 Å². The van der Waals surface area contributed by atoms with Crippen molar-refractivity contribution in [2.75, 3.05) is 4.90 Å². The maximum Gasteiger partial charge on any atom is 0.224 e. The Morgan fingerprint density at radius 1 is 1.08 bits per heavy atom. The van der Waals surface area contributed by atoms with Crippen LogP contribution in [-0.2, 0) is 11.3 Å². The number of carbonyl (C=O) groups excluding carboxylic acids is 1. The number of carbonyl (C=O) groups is 1. The predicted molar refractivity (Wildman–Crippen MR) is 104 cm³/mol. The molecule has 1 atom stereocenters. The normalized spacial score (nSPS) is 16.3. The van der Waals surface area contributed by atoms with E-state index in [9.17, 15) is 4.79 Å². The summed E-state index contributed by atoms with van der Waals surface area (Å²) in [6.07, 6.45) is 1.02. The van der Waals surface area contributed by atoms with Crippen LogP contribution in [0.2, 0.25) is 0 Å². The van der Waals surface area contributed by atoms with E-state index in [1.54, 1.807) is 6.92 Å². The monoisotopic (exact) mass is 329 g/mol. The Morgan fingerprint density at radius 3 is 2.64 bits per heavy atom. The second-order valence-corrected chi connectivity index (χ2v) is 6.99. The van der Waals surface area contributed by atoms with Gasteiger partial charge in [-0.15, -0.1) is 0 Å². The first-order valence-electron chi connectivity index (χ1n) is 8.99. The number of amides is 1. The second-order valence-electron chi connectivity index (χ2n) is 6.99. The van der Waals surface area contributed by atoms with Gasteiger partial charge < -0.3 is 4.90 Å². The topological polar surface area (TPSA) is 20.3 Å². The van der Waals surface area contributed by atoms with Crippen LogP contribution in [0.15, 0.2) is 54.6 Å². The van der Waals surface area contributed by atoms with Crippen LogP contribution in [0.5, 0.6) is 0 Å².